The van der Waals surface area contributed by atoms with Crippen LogP contribution in [0, 0.1) is 17.3 Å². The third-order valence-corrected chi connectivity index (χ3v) is 4.33. The number of likely N-dealkylation sites (tertiary alicyclic amines) is 1. The lowest BCUT2D eigenvalue weighted by Gasteiger charge is -2.35. The molecule has 1 aliphatic heterocycles. The monoisotopic (exact) mass is 223 g/mol. The normalized spacial score (nSPS) is 35.4. The molecule has 1 saturated carbocycles. The van der Waals surface area contributed by atoms with E-state index in [2.05, 4.69) is 25.7 Å². The Kier molecular flexibility index (Phi) is 3.27. The van der Waals surface area contributed by atoms with Crippen molar-refractivity contribution in [2.24, 2.45) is 17.3 Å². The van der Waals surface area contributed by atoms with Crippen molar-refractivity contribution in [3.63, 3.8) is 0 Å². The average Bonchev–Trinajstić information content (AvgIpc) is 2.49. The minimum atomic E-state index is 0.360. The van der Waals surface area contributed by atoms with E-state index in [1.807, 2.05) is 0 Å². The van der Waals surface area contributed by atoms with Crippen molar-refractivity contribution in [1.29, 1.82) is 0 Å². The van der Waals surface area contributed by atoms with Crippen LogP contribution in [0.4, 0.5) is 0 Å². The first-order chi connectivity index (χ1) is 7.51. The average molecular weight is 223 g/mol. The second kappa shape index (κ2) is 4.38. The Bertz CT molecular complexity index is 264. The molecule has 1 amide bonds. The third kappa shape index (κ3) is 2.41. The fraction of sp³-hybridized carbons (Fsp3) is 0.929. The van der Waals surface area contributed by atoms with Crippen LogP contribution in [0.15, 0.2) is 0 Å². The van der Waals surface area contributed by atoms with Crippen LogP contribution in [0.2, 0.25) is 0 Å². The summed E-state index contributed by atoms with van der Waals surface area (Å²) in [5, 5.41) is 0. The minimum Gasteiger partial charge on any atom is -0.342 e. The first-order valence-electron chi connectivity index (χ1n) is 6.78. The van der Waals surface area contributed by atoms with Crippen LogP contribution in [0.1, 0.15) is 52.9 Å². The van der Waals surface area contributed by atoms with Crippen LogP contribution in [0.5, 0.6) is 0 Å². The van der Waals surface area contributed by atoms with E-state index in [1.165, 1.54) is 25.7 Å². The van der Waals surface area contributed by atoms with Crippen LogP contribution in [-0.4, -0.2) is 23.9 Å². The largest absolute Gasteiger partial charge is 0.342 e. The summed E-state index contributed by atoms with van der Waals surface area (Å²) in [5.74, 6) is 1.88. The Labute approximate surface area is 99.4 Å². The highest BCUT2D eigenvalue weighted by Crippen LogP contribution is 2.45. The van der Waals surface area contributed by atoms with Crippen LogP contribution >= 0.6 is 0 Å². The maximum Gasteiger partial charge on any atom is 0.223 e. The van der Waals surface area contributed by atoms with Crippen molar-refractivity contribution in [3.8, 4) is 0 Å². The Morgan fingerprint density at radius 3 is 2.56 bits per heavy atom. The fourth-order valence-corrected chi connectivity index (χ4v) is 3.30. The molecule has 0 atom stereocenters. The summed E-state index contributed by atoms with van der Waals surface area (Å²) in [6.45, 7) is 8.73. The molecule has 0 unspecified atom stereocenters. The van der Waals surface area contributed by atoms with Crippen LogP contribution in [0.25, 0.3) is 0 Å². The van der Waals surface area contributed by atoms with Gasteiger partial charge in [0.25, 0.3) is 0 Å². The summed E-state index contributed by atoms with van der Waals surface area (Å²) in [5.41, 5.74) is 0.360. The van der Waals surface area contributed by atoms with E-state index in [0.29, 0.717) is 17.2 Å². The molecule has 0 radical (unpaired) electrons. The Morgan fingerprint density at radius 2 is 2.00 bits per heavy atom. The highest BCUT2D eigenvalue weighted by Gasteiger charge is 2.44. The van der Waals surface area contributed by atoms with Gasteiger partial charge in [0.2, 0.25) is 5.91 Å². The van der Waals surface area contributed by atoms with Crippen molar-refractivity contribution in [3.05, 3.63) is 0 Å². The van der Waals surface area contributed by atoms with Gasteiger partial charge in [0.15, 0.2) is 0 Å². The van der Waals surface area contributed by atoms with Gasteiger partial charge in [-0.15, -0.1) is 0 Å². The predicted octanol–water partition coefficient (Wildman–Crippen LogP) is 3.07. The number of hydrogen-bond acceptors (Lipinski definition) is 1. The third-order valence-electron chi connectivity index (χ3n) is 4.33. The number of carbonyl (C=O) groups excluding carboxylic acids is 1. The van der Waals surface area contributed by atoms with Crippen LogP contribution < -0.4 is 0 Å². The number of rotatable bonds is 2. The molecule has 0 aromatic heterocycles. The molecule has 1 aliphatic carbocycles. The molecule has 2 heteroatoms. The van der Waals surface area contributed by atoms with Gasteiger partial charge in [-0.25, -0.2) is 0 Å². The van der Waals surface area contributed by atoms with Crippen molar-refractivity contribution in [1.82, 2.24) is 4.90 Å². The van der Waals surface area contributed by atoms with Gasteiger partial charge in [-0.1, -0.05) is 33.6 Å². The van der Waals surface area contributed by atoms with Crippen molar-refractivity contribution < 1.29 is 4.79 Å². The van der Waals surface area contributed by atoms with E-state index in [9.17, 15) is 4.79 Å². The van der Waals surface area contributed by atoms with Gasteiger partial charge in [0.05, 0.1) is 0 Å². The maximum atomic E-state index is 12.0. The quantitative estimate of drug-likeness (QED) is 0.704. The van der Waals surface area contributed by atoms with Gasteiger partial charge >= 0.3 is 0 Å². The van der Waals surface area contributed by atoms with E-state index in [-0.39, 0.29) is 0 Å². The summed E-state index contributed by atoms with van der Waals surface area (Å²) < 4.78 is 0. The molecule has 16 heavy (non-hydrogen) atoms. The number of amides is 1. The van der Waals surface area contributed by atoms with Gasteiger partial charge in [0.1, 0.15) is 0 Å². The van der Waals surface area contributed by atoms with E-state index >= 15 is 0 Å². The zero-order valence-electron chi connectivity index (χ0n) is 11.0. The van der Waals surface area contributed by atoms with E-state index < -0.39 is 0 Å². The number of hydrogen-bond donors (Lipinski definition) is 0. The minimum absolute atomic E-state index is 0.360. The van der Waals surface area contributed by atoms with Crippen molar-refractivity contribution >= 4 is 5.91 Å². The highest BCUT2D eigenvalue weighted by atomic mass is 16.2. The Balaban J connectivity index is 1.97. The summed E-state index contributed by atoms with van der Waals surface area (Å²) in [4.78, 5) is 14.1. The lowest BCUT2D eigenvalue weighted by molar-refractivity contribution is -0.128. The van der Waals surface area contributed by atoms with E-state index in [0.717, 1.165) is 25.4 Å². The second-order valence-corrected chi connectivity index (χ2v) is 6.53. The van der Waals surface area contributed by atoms with E-state index in [1.54, 1.807) is 0 Å². The van der Waals surface area contributed by atoms with Crippen LogP contribution in [-0.2, 0) is 4.79 Å². The molecular formula is C14H25NO. The Hall–Kier alpha value is -0.530. The highest BCUT2D eigenvalue weighted by molar-refractivity contribution is 5.79. The molecule has 0 aromatic carbocycles. The fourth-order valence-electron chi connectivity index (χ4n) is 3.30. The topological polar surface area (TPSA) is 20.3 Å². The molecule has 1 heterocycles. The molecular weight excluding hydrogens is 198 g/mol. The summed E-state index contributed by atoms with van der Waals surface area (Å²) in [6, 6.07) is 0. The summed E-state index contributed by atoms with van der Waals surface area (Å²) in [7, 11) is 0. The molecule has 2 rings (SSSR count). The van der Waals surface area contributed by atoms with Crippen molar-refractivity contribution in [2.75, 3.05) is 13.1 Å². The second-order valence-electron chi connectivity index (χ2n) is 6.53. The first-order valence-corrected chi connectivity index (χ1v) is 6.78. The number of carbonyl (C=O) groups is 1. The molecule has 2 nitrogen and oxygen atoms in total. The van der Waals surface area contributed by atoms with Gasteiger partial charge in [-0.3, -0.25) is 4.79 Å². The van der Waals surface area contributed by atoms with Gasteiger partial charge in [0, 0.05) is 19.5 Å². The van der Waals surface area contributed by atoms with Crippen molar-refractivity contribution in [2.45, 2.75) is 52.9 Å². The number of nitrogens with zero attached hydrogens (tertiary/aromatic N) is 1. The van der Waals surface area contributed by atoms with Gasteiger partial charge in [-0.05, 0) is 30.1 Å². The summed E-state index contributed by atoms with van der Waals surface area (Å²) in [6.07, 6.45) is 6.01. The van der Waals surface area contributed by atoms with Gasteiger partial charge < -0.3 is 4.90 Å². The standard InChI is InChI=1S/C14H25NO/c1-11(2)9-15-10-14(8-13(15)16)6-4-12(3)5-7-14/h11-12H,4-10H2,1-3H3/t12-,14-. The lowest BCUT2D eigenvalue weighted by atomic mass is 9.70. The Morgan fingerprint density at radius 1 is 1.38 bits per heavy atom. The summed E-state index contributed by atoms with van der Waals surface area (Å²) >= 11 is 0. The van der Waals surface area contributed by atoms with E-state index in [4.69, 9.17) is 0 Å². The van der Waals surface area contributed by atoms with Gasteiger partial charge in [-0.2, -0.15) is 0 Å². The SMILES string of the molecule is CC(C)CN1C[C@]2(CC[C@H](C)CC2)CC1=O. The molecule has 92 valence electrons. The maximum absolute atomic E-state index is 12.0. The lowest BCUT2D eigenvalue weighted by Crippen LogP contribution is -2.33. The molecule has 0 aromatic rings. The van der Waals surface area contributed by atoms with Crippen LogP contribution in [0.3, 0.4) is 0 Å². The molecule has 2 fully saturated rings. The smallest absolute Gasteiger partial charge is 0.223 e. The molecule has 2 aliphatic rings. The predicted molar refractivity (Wildman–Crippen MR) is 66.1 cm³/mol. The zero-order valence-corrected chi connectivity index (χ0v) is 11.0. The molecule has 0 bridgehead atoms. The molecule has 1 saturated heterocycles. The molecule has 1 spiro atoms. The first kappa shape index (κ1) is 11.9. The zero-order chi connectivity index (χ0) is 11.8. The molecule has 0 N–H and O–H groups in total.